The van der Waals surface area contributed by atoms with E-state index in [1.165, 1.54) is 0 Å². The number of methoxy groups -OCH3 is 1. The standard InChI is InChI=1S/C14H24N2O4/c1-9(8-20-2)15-12(17)7-16-6-10-4-3-5-11(10)13(16)14(18)19/h9-11,13H,3-8H2,1-2H3,(H,15,17)(H,18,19). The Labute approximate surface area is 119 Å². The zero-order chi connectivity index (χ0) is 14.7. The van der Waals surface area contributed by atoms with Crippen molar-refractivity contribution in [1.29, 1.82) is 0 Å². The summed E-state index contributed by atoms with van der Waals surface area (Å²) in [5.74, 6) is -0.255. The van der Waals surface area contributed by atoms with Crippen molar-refractivity contribution in [3.05, 3.63) is 0 Å². The molecule has 1 saturated heterocycles. The number of nitrogens with zero attached hydrogens (tertiary/aromatic N) is 1. The monoisotopic (exact) mass is 284 g/mol. The SMILES string of the molecule is COCC(C)NC(=O)CN1CC2CCCC2C1C(=O)O. The molecule has 114 valence electrons. The van der Waals surface area contributed by atoms with Gasteiger partial charge in [0, 0.05) is 19.7 Å². The predicted molar refractivity (Wildman–Crippen MR) is 73.3 cm³/mol. The minimum atomic E-state index is -0.794. The van der Waals surface area contributed by atoms with Crippen LogP contribution in [0.3, 0.4) is 0 Å². The van der Waals surface area contributed by atoms with Crippen LogP contribution in [0, 0.1) is 11.8 Å². The van der Waals surface area contributed by atoms with Gasteiger partial charge in [-0.3, -0.25) is 14.5 Å². The molecule has 1 amide bonds. The van der Waals surface area contributed by atoms with Crippen LogP contribution in [0.25, 0.3) is 0 Å². The van der Waals surface area contributed by atoms with Crippen LogP contribution in [-0.4, -0.2) is 60.8 Å². The molecule has 6 nitrogen and oxygen atoms in total. The fraction of sp³-hybridized carbons (Fsp3) is 0.857. The number of fused-ring (bicyclic) bond motifs is 1. The van der Waals surface area contributed by atoms with Gasteiger partial charge < -0.3 is 15.2 Å². The van der Waals surface area contributed by atoms with E-state index in [1.807, 2.05) is 11.8 Å². The number of likely N-dealkylation sites (tertiary alicyclic amines) is 1. The summed E-state index contributed by atoms with van der Waals surface area (Å²) < 4.78 is 4.97. The maximum atomic E-state index is 12.0. The predicted octanol–water partition coefficient (Wildman–Crippen LogP) is 0.323. The Morgan fingerprint density at radius 2 is 2.20 bits per heavy atom. The van der Waals surface area contributed by atoms with Crippen molar-refractivity contribution in [2.45, 2.75) is 38.3 Å². The molecule has 1 aliphatic heterocycles. The van der Waals surface area contributed by atoms with Crippen LogP contribution < -0.4 is 5.32 Å². The van der Waals surface area contributed by atoms with Crippen molar-refractivity contribution in [3.63, 3.8) is 0 Å². The Kier molecular flexibility index (Phi) is 4.99. The Bertz CT molecular complexity index is 374. The molecule has 20 heavy (non-hydrogen) atoms. The van der Waals surface area contributed by atoms with Gasteiger partial charge in [-0.2, -0.15) is 0 Å². The maximum Gasteiger partial charge on any atom is 0.321 e. The van der Waals surface area contributed by atoms with E-state index >= 15 is 0 Å². The molecule has 0 aromatic carbocycles. The number of ether oxygens (including phenoxy) is 1. The summed E-state index contributed by atoms with van der Waals surface area (Å²) in [6.07, 6.45) is 3.18. The minimum absolute atomic E-state index is 0.0575. The summed E-state index contributed by atoms with van der Waals surface area (Å²) in [7, 11) is 1.59. The van der Waals surface area contributed by atoms with Gasteiger partial charge in [-0.05, 0) is 31.6 Å². The van der Waals surface area contributed by atoms with Gasteiger partial charge in [0.05, 0.1) is 13.2 Å². The van der Waals surface area contributed by atoms with Gasteiger partial charge in [-0.15, -0.1) is 0 Å². The van der Waals surface area contributed by atoms with Crippen LogP contribution in [0.15, 0.2) is 0 Å². The summed E-state index contributed by atoms with van der Waals surface area (Å²) in [4.78, 5) is 25.3. The van der Waals surface area contributed by atoms with E-state index in [-0.39, 0.29) is 24.4 Å². The molecule has 1 saturated carbocycles. The summed E-state index contributed by atoms with van der Waals surface area (Å²) >= 11 is 0. The molecule has 2 fully saturated rings. The smallest absolute Gasteiger partial charge is 0.321 e. The number of rotatable bonds is 6. The lowest BCUT2D eigenvalue weighted by Gasteiger charge is -2.24. The number of hydrogen-bond acceptors (Lipinski definition) is 4. The lowest BCUT2D eigenvalue weighted by Crippen LogP contribution is -2.47. The second-order valence-electron chi connectivity index (χ2n) is 5.99. The average Bonchev–Trinajstić information content (AvgIpc) is 2.87. The number of carbonyl (C=O) groups excluding carboxylic acids is 1. The molecule has 6 heteroatoms. The zero-order valence-corrected chi connectivity index (χ0v) is 12.2. The highest BCUT2D eigenvalue weighted by Crippen LogP contribution is 2.41. The molecule has 1 heterocycles. The first-order valence-corrected chi connectivity index (χ1v) is 7.28. The largest absolute Gasteiger partial charge is 0.480 e. The van der Waals surface area contributed by atoms with Crippen molar-refractivity contribution in [2.75, 3.05) is 26.8 Å². The third kappa shape index (κ3) is 3.30. The highest BCUT2D eigenvalue weighted by atomic mass is 16.5. The Balaban J connectivity index is 1.91. The normalized spacial score (nSPS) is 31.0. The van der Waals surface area contributed by atoms with Gasteiger partial charge in [-0.25, -0.2) is 0 Å². The summed E-state index contributed by atoms with van der Waals surface area (Å²) in [6, 6.07) is -0.552. The third-order valence-electron chi connectivity index (χ3n) is 4.41. The van der Waals surface area contributed by atoms with Gasteiger partial charge in [0.25, 0.3) is 0 Å². The lowest BCUT2D eigenvalue weighted by molar-refractivity contribution is -0.144. The summed E-state index contributed by atoms with van der Waals surface area (Å²) in [5, 5.41) is 12.3. The van der Waals surface area contributed by atoms with Gasteiger partial charge in [0.2, 0.25) is 5.91 Å². The Morgan fingerprint density at radius 1 is 1.45 bits per heavy atom. The van der Waals surface area contributed by atoms with Crippen LogP contribution in [0.2, 0.25) is 0 Å². The molecule has 1 aliphatic carbocycles. The van der Waals surface area contributed by atoms with Crippen molar-refractivity contribution < 1.29 is 19.4 Å². The highest BCUT2D eigenvalue weighted by molar-refractivity contribution is 5.80. The first-order chi connectivity index (χ1) is 9.52. The van der Waals surface area contributed by atoms with E-state index in [4.69, 9.17) is 4.74 Å². The molecule has 0 radical (unpaired) electrons. The maximum absolute atomic E-state index is 12.0. The van der Waals surface area contributed by atoms with Gasteiger partial charge >= 0.3 is 5.97 Å². The number of carboxylic acid groups (broad SMARTS) is 1. The molecule has 0 spiro atoms. The van der Waals surface area contributed by atoms with Gasteiger partial charge in [0.1, 0.15) is 6.04 Å². The van der Waals surface area contributed by atoms with Crippen molar-refractivity contribution in [3.8, 4) is 0 Å². The fourth-order valence-electron chi connectivity index (χ4n) is 3.69. The van der Waals surface area contributed by atoms with E-state index in [1.54, 1.807) is 7.11 Å². The lowest BCUT2D eigenvalue weighted by atomic mass is 9.94. The molecular weight excluding hydrogens is 260 g/mol. The van der Waals surface area contributed by atoms with Crippen LogP contribution in [0.4, 0.5) is 0 Å². The first kappa shape index (κ1) is 15.3. The van der Waals surface area contributed by atoms with Crippen LogP contribution in [-0.2, 0) is 14.3 Å². The van der Waals surface area contributed by atoms with Crippen molar-refractivity contribution in [2.24, 2.45) is 11.8 Å². The molecule has 2 N–H and O–H groups in total. The van der Waals surface area contributed by atoms with Crippen molar-refractivity contribution in [1.82, 2.24) is 10.2 Å². The number of hydrogen-bond donors (Lipinski definition) is 2. The van der Waals surface area contributed by atoms with Gasteiger partial charge in [-0.1, -0.05) is 6.42 Å². The number of aliphatic carboxylic acids is 1. The molecule has 2 rings (SSSR count). The fourth-order valence-corrected chi connectivity index (χ4v) is 3.69. The molecule has 4 atom stereocenters. The molecule has 2 aliphatic rings. The molecule has 0 aromatic heterocycles. The molecular formula is C14H24N2O4. The number of nitrogens with one attached hydrogen (secondary N) is 1. The number of carbonyl (C=O) groups is 2. The second kappa shape index (κ2) is 6.54. The first-order valence-electron chi connectivity index (χ1n) is 7.28. The van der Waals surface area contributed by atoms with E-state index < -0.39 is 12.0 Å². The van der Waals surface area contributed by atoms with E-state index in [2.05, 4.69) is 5.32 Å². The zero-order valence-electron chi connectivity index (χ0n) is 12.2. The van der Waals surface area contributed by atoms with Gasteiger partial charge in [0.15, 0.2) is 0 Å². The second-order valence-corrected chi connectivity index (χ2v) is 5.99. The quantitative estimate of drug-likeness (QED) is 0.734. The minimum Gasteiger partial charge on any atom is -0.480 e. The Hall–Kier alpha value is -1.14. The average molecular weight is 284 g/mol. The topological polar surface area (TPSA) is 78.9 Å². The molecule has 4 unspecified atom stereocenters. The molecule has 0 bridgehead atoms. The summed E-state index contributed by atoms with van der Waals surface area (Å²) in [6.45, 7) is 3.22. The number of amides is 1. The Morgan fingerprint density at radius 3 is 2.85 bits per heavy atom. The summed E-state index contributed by atoms with van der Waals surface area (Å²) in [5.41, 5.74) is 0. The van der Waals surface area contributed by atoms with Crippen LogP contribution >= 0.6 is 0 Å². The van der Waals surface area contributed by atoms with E-state index in [0.717, 1.165) is 25.8 Å². The molecule has 0 aromatic rings. The third-order valence-corrected chi connectivity index (χ3v) is 4.41. The number of carboxylic acids is 1. The van der Waals surface area contributed by atoms with E-state index in [9.17, 15) is 14.7 Å². The van der Waals surface area contributed by atoms with E-state index in [0.29, 0.717) is 12.5 Å². The van der Waals surface area contributed by atoms with Crippen molar-refractivity contribution >= 4 is 11.9 Å². The van der Waals surface area contributed by atoms with Crippen LogP contribution in [0.1, 0.15) is 26.2 Å². The highest BCUT2D eigenvalue weighted by Gasteiger charge is 2.47. The van der Waals surface area contributed by atoms with Crippen LogP contribution in [0.5, 0.6) is 0 Å².